The van der Waals surface area contributed by atoms with E-state index in [1.165, 1.54) is 6.20 Å². The van der Waals surface area contributed by atoms with E-state index in [0.717, 1.165) is 0 Å². The van der Waals surface area contributed by atoms with E-state index in [1.54, 1.807) is 10.9 Å². The highest BCUT2D eigenvalue weighted by molar-refractivity contribution is 5.79. The molecule has 1 aromatic rings. The molecule has 2 atom stereocenters. The van der Waals surface area contributed by atoms with Gasteiger partial charge in [-0.2, -0.15) is 5.10 Å². The molecule has 1 amide bonds. The summed E-state index contributed by atoms with van der Waals surface area (Å²) in [7, 11) is 0. The van der Waals surface area contributed by atoms with Gasteiger partial charge >= 0.3 is 0 Å². The number of nitrogens with two attached hydrogens (primary N) is 1. The molecule has 1 aromatic heterocycles. The predicted molar refractivity (Wildman–Crippen MR) is 57.4 cm³/mol. The lowest BCUT2D eigenvalue weighted by molar-refractivity contribution is -0.131. The van der Waals surface area contributed by atoms with Crippen molar-refractivity contribution in [3.63, 3.8) is 0 Å². The van der Waals surface area contributed by atoms with Gasteiger partial charge in [0.05, 0.1) is 11.7 Å². The molecular formula is C10H17N3O3. The summed E-state index contributed by atoms with van der Waals surface area (Å²) >= 11 is 0. The van der Waals surface area contributed by atoms with Gasteiger partial charge in [-0.1, -0.05) is 0 Å². The largest absolute Gasteiger partial charge is 0.385 e. The van der Waals surface area contributed by atoms with Crippen molar-refractivity contribution in [3.8, 4) is 0 Å². The average molecular weight is 227 g/mol. The molecule has 90 valence electrons. The van der Waals surface area contributed by atoms with Crippen LogP contribution in [0, 0.1) is 0 Å². The van der Waals surface area contributed by atoms with Crippen LogP contribution in [0.15, 0.2) is 12.4 Å². The topological polar surface area (TPSA) is 101 Å². The second-order valence-electron chi connectivity index (χ2n) is 4.68. The van der Waals surface area contributed by atoms with Gasteiger partial charge in [0, 0.05) is 11.8 Å². The van der Waals surface area contributed by atoms with E-state index in [-0.39, 0.29) is 5.54 Å². The van der Waals surface area contributed by atoms with Crippen molar-refractivity contribution in [2.45, 2.75) is 38.5 Å². The van der Waals surface area contributed by atoms with Crippen LogP contribution in [0.4, 0.5) is 0 Å². The molecule has 1 rings (SSSR count). The van der Waals surface area contributed by atoms with Gasteiger partial charge in [-0.15, -0.1) is 0 Å². The van der Waals surface area contributed by atoms with Crippen LogP contribution < -0.4 is 5.73 Å². The Hall–Kier alpha value is -1.40. The summed E-state index contributed by atoms with van der Waals surface area (Å²) in [6.07, 6.45) is 0.0324. The summed E-state index contributed by atoms with van der Waals surface area (Å²) in [5.74, 6) is -0.962. The zero-order valence-corrected chi connectivity index (χ0v) is 9.58. The van der Waals surface area contributed by atoms with Crippen LogP contribution in [0.25, 0.3) is 0 Å². The lowest BCUT2D eigenvalue weighted by Crippen LogP contribution is -2.33. The molecule has 0 aromatic carbocycles. The SMILES string of the molecule is CC(C)(C)n1cc(C(O)C(O)C(N)=O)cn1. The summed E-state index contributed by atoms with van der Waals surface area (Å²) in [5.41, 5.74) is 5.03. The van der Waals surface area contributed by atoms with Crippen molar-refractivity contribution < 1.29 is 15.0 Å². The van der Waals surface area contributed by atoms with Crippen molar-refractivity contribution in [1.82, 2.24) is 9.78 Å². The third-order valence-corrected chi connectivity index (χ3v) is 2.22. The summed E-state index contributed by atoms with van der Waals surface area (Å²) in [6.45, 7) is 5.84. The zero-order chi connectivity index (χ0) is 12.5. The Labute approximate surface area is 93.7 Å². The van der Waals surface area contributed by atoms with Crippen molar-refractivity contribution in [1.29, 1.82) is 0 Å². The van der Waals surface area contributed by atoms with Crippen LogP contribution in [-0.4, -0.2) is 32.0 Å². The van der Waals surface area contributed by atoms with E-state index in [2.05, 4.69) is 5.10 Å². The van der Waals surface area contributed by atoms with Crippen molar-refractivity contribution in [3.05, 3.63) is 18.0 Å². The van der Waals surface area contributed by atoms with Gasteiger partial charge in [0.15, 0.2) is 6.10 Å². The maximum absolute atomic E-state index is 10.7. The molecule has 0 aliphatic heterocycles. The van der Waals surface area contributed by atoms with E-state index in [4.69, 9.17) is 5.73 Å². The minimum absolute atomic E-state index is 0.227. The number of nitrogens with zero attached hydrogens (tertiary/aromatic N) is 2. The van der Waals surface area contributed by atoms with E-state index < -0.39 is 18.1 Å². The third kappa shape index (κ3) is 2.59. The number of hydrogen-bond acceptors (Lipinski definition) is 4. The molecule has 0 saturated heterocycles. The molecule has 6 nitrogen and oxygen atoms in total. The second-order valence-corrected chi connectivity index (χ2v) is 4.68. The summed E-state index contributed by atoms with van der Waals surface area (Å²) in [6, 6.07) is 0. The fraction of sp³-hybridized carbons (Fsp3) is 0.600. The fourth-order valence-electron chi connectivity index (χ4n) is 1.19. The average Bonchev–Trinajstić information content (AvgIpc) is 2.63. The molecule has 0 fully saturated rings. The number of carbonyl (C=O) groups is 1. The first kappa shape index (κ1) is 12.7. The molecule has 0 spiro atoms. The molecule has 0 radical (unpaired) electrons. The minimum Gasteiger partial charge on any atom is -0.385 e. The molecule has 0 saturated carbocycles. The number of aliphatic hydroxyl groups excluding tert-OH is 2. The van der Waals surface area contributed by atoms with E-state index in [9.17, 15) is 15.0 Å². The Morgan fingerprint density at radius 1 is 1.50 bits per heavy atom. The number of amides is 1. The van der Waals surface area contributed by atoms with Gasteiger partial charge in [-0.25, -0.2) is 0 Å². The fourth-order valence-corrected chi connectivity index (χ4v) is 1.19. The monoisotopic (exact) mass is 227 g/mol. The number of carbonyl (C=O) groups excluding carboxylic acids is 1. The third-order valence-electron chi connectivity index (χ3n) is 2.22. The first-order valence-corrected chi connectivity index (χ1v) is 4.94. The van der Waals surface area contributed by atoms with Crippen LogP contribution >= 0.6 is 0 Å². The maximum atomic E-state index is 10.7. The normalized spacial score (nSPS) is 15.8. The highest BCUT2D eigenvalue weighted by atomic mass is 16.3. The van der Waals surface area contributed by atoms with Crippen LogP contribution in [0.1, 0.15) is 32.4 Å². The number of aromatic nitrogens is 2. The molecule has 6 heteroatoms. The zero-order valence-electron chi connectivity index (χ0n) is 9.58. The first-order chi connectivity index (χ1) is 7.23. The van der Waals surface area contributed by atoms with Gasteiger partial charge in [0.2, 0.25) is 5.91 Å². The lowest BCUT2D eigenvalue weighted by Gasteiger charge is -2.19. The van der Waals surface area contributed by atoms with Gasteiger partial charge in [-0.05, 0) is 20.8 Å². The first-order valence-electron chi connectivity index (χ1n) is 4.94. The van der Waals surface area contributed by atoms with Crippen molar-refractivity contribution >= 4 is 5.91 Å². The molecule has 2 unspecified atom stereocenters. The van der Waals surface area contributed by atoms with Crippen molar-refractivity contribution in [2.75, 3.05) is 0 Å². The molecule has 1 heterocycles. The van der Waals surface area contributed by atoms with Crippen LogP contribution in [0.3, 0.4) is 0 Å². The van der Waals surface area contributed by atoms with E-state index in [0.29, 0.717) is 5.56 Å². The van der Waals surface area contributed by atoms with Gasteiger partial charge in [-0.3, -0.25) is 9.48 Å². The van der Waals surface area contributed by atoms with Crippen LogP contribution in [0.2, 0.25) is 0 Å². The number of primary amides is 1. The Morgan fingerprint density at radius 2 is 2.06 bits per heavy atom. The summed E-state index contributed by atoms with van der Waals surface area (Å²) in [5, 5.41) is 23.0. The van der Waals surface area contributed by atoms with Crippen molar-refractivity contribution in [2.24, 2.45) is 5.73 Å². The smallest absolute Gasteiger partial charge is 0.249 e. The Bertz CT molecular complexity index is 381. The maximum Gasteiger partial charge on any atom is 0.249 e. The Morgan fingerprint density at radius 3 is 2.44 bits per heavy atom. The standard InChI is InChI=1S/C10H17N3O3/c1-10(2,3)13-5-6(4-12-13)7(14)8(15)9(11)16/h4-5,7-8,14-15H,1-3H3,(H2,11,16). The van der Waals surface area contributed by atoms with Crippen LogP contribution in [-0.2, 0) is 10.3 Å². The molecule has 0 bridgehead atoms. The highest BCUT2D eigenvalue weighted by Gasteiger charge is 2.25. The Kier molecular flexibility index (Phi) is 3.35. The van der Waals surface area contributed by atoms with Crippen LogP contribution in [0.5, 0.6) is 0 Å². The molecule has 16 heavy (non-hydrogen) atoms. The summed E-state index contributed by atoms with van der Waals surface area (Å²) < 4.78 is 1.64. The summed E-state index contributed by atoms with van der Waals surface area (Å²) in [4.78, 5) is 10.7. The number of hydrogen-bond donors (Lipinski definition) is 3. The number of rotatable bonds is 3. The minimum atomic E-state index is -1.61. The van der Waals surface area contributed by atoms with E-state index in [1.807, 2.05) is 20.8 Å². The van der Waals surface area contributed by atoms with Gasteiger partial charge in [0.1, 0.15) is 6.10 Å². The highest BCUT2D eigenvalue weighted by Crippen LogP contribution is 2.19. The molecule has 4 N–H and O–H groups in total. The second kappa shape index (κ2) is 4.23. The van der Waals surface area contributed by atoms with Gasteiger partial charge in [0.25, 0.3) is 0 Å². The lowest BCUT2D eigenvalue weighted by atomic mass is 10.1. The Balaban J connectivity index is 2.90. The van der Waals surface area contributed by atoms with E-state index >= 15 is 0 Å². The van der Waals surface area contributed by atoms with Gasteiger partial charge < -0.3 is 15.9 Å². The molecular weight excluding hydrogens is 210 g/mol. The number of aliphatic hydroxyl groups is 2. The predicted octanol–water partition coefficient (Wildman–Crippen LogP) is -0.482. The molecule has 0 aliphatic rings. The molecule has 0 aliphatic carbocycles. The quantitative estimate of drug-likeness (QED) is 0.649.